The number of ether oxygens (including phenoxy) is 3. The van der Waals surface area contributed by atoms with Gasteiger partial charge in [-0.05, 0) is 68.3 Å². The fraction of sp³-hybridized carbons (Fsp3) is 0.207. The lowest BCUT2D eigenvalue weighted by atomic mass is 10.1. The molecule has 0 aliphatic carbocycles. The second-order valence-corrected chi connectivity index (χ2v) is 8.40. The van der Waals surface area contributed by atoms with Crippen molar-refractivity contribution in [2.75, 3.05) is 24.7 Å². The Kier molecular flexibility index (Phi) is 7.88. The Morgan fingerprint density at radius 2 is 1.51 bits per heavy atom. The third-order valence-corrected chi connectivity index (χ3v) is 5.66. The molecule has 1 aliphatic rings. The number of para-hydroxylation sites is 1. The van der Waals surface area contributed by atoms with Crippen LogP contribution in [0.5, 0.6) is 17.2 Å². The molecule has 0 spiro atoms. The largest absolute Gasteiger partial charge is 0.490 e. The van der Waals surface area contributed by atoms with Crippen LogP contribution in [0.1, 0.15) is 23.6 Å². The summed E-state index contributed by atoms with van der Waals surface area (Å²) in [5.74, 6) is 0.303. The summed E-state index contributed by atoms with van der Waals surface area (Å²) in [6.07, 6.45) is 1.43. The molecule has 1 heterocycles. The van der Waals surface area contributed by atoms with E-state index < -0.39 is 17.8 Å². The van der Waals surface area contributed by atoms with E-state index in [1.807, 2.05) is 45.0 Å². The van der Waals surface area contributed by atoms with E-state index >= 15 is 0 Å². The normalized spacial score (nSPS) is 14.5. The number of amides is 4. The summed E-state index contributed by atoms with van der Waals surface area (Å²) in [6.45, 7) is 6.76. The number of anilines is 1. The number of benzene rings is 3. The quantitative estimate of drug-likeness (QED) is 0.257. The van der Waals surface area contributed by atoms with Crippen LogP contribution in [0.25, 0.3) is 6.08 Å². The minimum absolute atomic E-state index is 0.164. The summed E-state index contributed by atoms with van der Waals surface area (Å²) in [6, 6.07) is 18.9. The summed E-state index contributed by atoms with van der Waals surface area (Å²) >= 11 is 0. The number of nitrogens with one attached hydrogen (secondary N) is 1. The number of carbonyl (C=O) groups is 3. The fourth-order valence-electron chi connectivity index (χ4n) is 3.78. The molecule has 0 aromatic heterocycles. The SMILES string of the molecule is CCOc1cc(/C=C2/C(=O)NC(=O)N(c3ccc(C)cc3)C2=O)ccc1OCCOc1ccccc1C. The number of urea groups is 1. The maximum atomic E-state index is 13.1. The molecule has 0 unspecified atom stereocenters. The van der Waals surface area contributed by atoms with Crippen LogP contribution in [0.2, 0.25) is 0 Å². The van der Waals surface area contributed by atoms with Crippen LogP contribution in [-0.2, 0) is 9.59 Å². The average molecular weight is 501 g/mol. The molecule has 0 bridgehead atoms. The van der Waals surface area contributed by atoms with Gasteiger partial charge in [-0.3, -0.25) is 14.9 Å². The minimum atomic E-state index is -0.789. The second kappa shape index (κ2) is 11.4. The predicted octanol–water partition coefficient (Wildman–Crippen LogP) is 4.83. The molecule has 1 saturated heterocycles. The molecule has 1 fully saturated rings. The lowest BCUT2D eigenvalue weighted by molar-refractivity contribution is -0.122. The highest BCUT2D eigenvalue weighted by Gasteiger charge is 2.36. The maximum absolute atomic E-state index is 13.1. The standard InChI is InChI=1S/C29H28N2O6/c1-4-35-26-18-21(11-14-25(26)37-16-15-36-24-8-6-5-7-20(24)3)17-23-27(32)30-29(34)31(28(23)33)22-12-9-19(2)10-13-22/h5-14,17-18H,4,15-16H2,1-3H3,(H,30,32,34)/b23-17-. The Bertz CT molecular complexity index is 1350. The highest BCUT2D eigenvalue weighted by Crippen LogP contribution is 2.30. The van der Waals surface area contributed by atoms with Crippen molar-refractivity contribution in [1.29, 1.82) is 0 Å². The van der Waals surface area contributed by atoms with Crippen LogP contribution in [0.3, 0.4) is 0 Å². The first-order valence-corrected chi connectivity index (χ1v) is 11.9. The molecule has 3 aromatic carbocycles. The van der Waals surface area contributed by atoms with E-state index in [0.29, 0.717) is 42.6 Å². The van der Waals surface area contributed by atoms with Crippen molar-refractivity contribution in [2.24, 2.45) is 0 Å². The molecular formula is C29H28N2O6. The van der Waals surface area contributed by atoms with Crippen molar-refractivity contribution in [3.63, 3.8) is 0 Å². The van der Waals surface area contributed by atoms with Crippen LogP contribution in [0, 0.1) is 13.8 Å². The van der Waals surface area contributed by atoms with Crippen LogP contribution in [0.15, 0.2) is 72.3 Å². The zero-order valence-electron chi connectivity index (χ0n) is 20.9. The van der Waals surface area contributed by atoms with Crippen molar-refractivity contribution in [2.45, 2.75) is 20.8 Å². The minimum Gasteiger partial charge on any atom is -0.490 e. The molecule has 1 aliphatic heterocycles. The predicted molar refractivity (Wildman–Crippen MR) is 140 cm³/mol. The van der Waals surface area contributed by atoms with Gasteiger partial charge in [-0.15, -0.1) is 0 Å². The number of rotatable bonds is 9. The van der Waals surface area contributed by atoms with Gasteiger partial charge >= 0.3 is 6.03 Å². The van der Waals surface area contributed by atoms with Gasteiger partial charge in [0, 0.05) is 0 Å². The zero-order valence-corrected chi connectivity index (χ0v) is 20.9. The van der Waals surface area contributed by atoms with E-state index in [9.17, 15) is 14.4 Å². The molecule has 1 N–H and O–H groups in total. The number of imide groups is 2. The third kappa shape index (κ3) is 5.98. The molecule has 3 aromatic rings. The first-order chi connectivity index (χ1) is 17.9. The molecule has 37 heavy (non-hydrogen) atoms. The highest BCUT2D eigenvalue weighted by molar-refractivity contribution is 6.39. The first kappa shape index (κ1) is 25.5. The monoisotopic (exact) mass is 500 g/mol. The molecule has 0 atom stereocenters. The Balaban J connectivity index is 1.51. The van der Waals surface area contributed by atoms with Gasteiger partial charge in [-0.2, -0.15) is 0 Å². The van der Waals surface area contributed by atoms with Gasteiger partial charge < -0.3 is 14.2 Å². The third-order valence-electron chi connectivity index (χ3n) is 5.66. The topological polar surface area (TPSA) is 94.2 Å². The van der Waals surface area contributed by atoms with Gasteiger partial charge in [0.2, 0.25) is 0 Å². The maximum Gasteiger partial charge on any atom is 0.335 e. The Morgan fingerprint density at radius 3 is 2.22 bits per heavy atom. The van der Waals surface area contributed by atoms with E-state index in [-0.39, 0.29) is 5.57 Å². The summed E-state index contributed by atoms with van der Waals surface area (Å²) in [5.41, 5.74) is 2.77. The van der Waals surface area contributed by atoms with Crippen molar-refractivity contribution in [3.8, 4) is 17.2 Å². The van der Waals surface area contributed by atoms with Gasteiger partial charge in [0.15, 0.2) is 11.5 Å². The summed E-state index contributed by atoms with van der Waals surface area (Å²) in [4.78, 5) is 39.0. The van der Waals surface area contributed by atoms with Gasteiger partial charge in [-0.1, -0.05) is 42.0 Å². The molecule has 0 saturated carbocycles. The highest BCUT2D eigenvalue weighted by atomic mass is 16.5. The van der Waals surface area contributed by atoms with Crippen molar-refractivity contribution in [3.05, 3.63) is 89.0 Å². The number of hydrogen-bond acceptors (Lipinski definition) is 6. The van der Waals surface area contributed by atoms with E-state index in [4.69, 9.17) is 14.2 Å². The number of barbiturate groups is 1. The number of carbonyl (C=O) groups excluding carboxylic acids is 3. The van der Waals surface area contributed by atoms with Crippen LogP contribution >= 0.6 is 0 Å². The average Bonchev–Trinajstić information content (AvgIpc) is 2.87. The van der Waals surface area contributed by atoms with E-state index in [0.717, 1.165) is 21.8 Å². The van der Waals surface area contributed by atoms with E-state index in [2.05, 4.69) is 5.32 Å². The van der Waals surface area contributed by atoms with Crippen LogP contribution < -0.4 is 24.4 Å². The Hall–Kier alpha value is -4.59. The number of nitrogens with zero attached hydrogens (tertiary/aromatic N) is 1. The van der Waals surface area contributed by atoms with E-state index in [1.54, 1.807) is 42.5 Å². The van der Waals surface area contributed by atoms with Gasteiger partial charge in [0.05, 0.1) is 12.3 Å². The summed E-state index contributed by atoms with van der Waals surface area (Å²) in [7, 11) is 0. The van der Waals surface area contributed by atoms with Gasteiger partial charge in [0.1, 0.15) is 24.5 Å². The lowest BCUT2D eigenvalue weighted by Gasteiger charge is -2.26. The molecule has 8 nitrogen and oxygen atoms in total. The van der Waals surface area contributed by atoms with Crippen molar-refractivity contribution >= 4 is 29.6 Å². The van der Waals surface area contributed by atoms with E-state index in [1.165, 1.54) is 6.08 Å². The summed E-state index contributed by atoms with van der Waals surface area (Å²) in [5, 5.41) is 2.24. The zero-order chi connectivity index (χ0) is 26.4. The first-order valence-electron chi connectivity index (χ1n) is 11.9. The summed E-state index contributed by atoms with van der Waals surface area (Å²) < 4.78 is 17.4. The smallest absolute Gasteiger partial charge is 0.335 e. The van der Waals surface area contributed by atoms with Crippen LogP contribution in [0.4, 0.5) is 10.5 Å². The fourth-order valence-corrected chi connectivity index (χ4v) is 3.78. The van der Waals surface area contributed by atoms with Crippen LogP contribution in [-0.4, -0.2) is 37.7 Å². The van der Waals surface area contributed by atoms with Crippen molar-refractivity contribution in [1.82, 2.24) is 5.32 Å². The Labute approximate surface area is 215 Å². The van der Waals surface area contributed by atoms with Crippen molar-refractivity contribution < 1.29 is 28.6 Å². The Morgan fingerprint density at radius 1 is 0.811 bits per heavy atom. The van der Waals surface area contributed by atoms with Gasteiger partial charge in [0.25, 0.3) is 11.8 Å². The molecule has 4 amide bonds. The van der Waals surface area contributed by atoms with Gasteiger partial charge in [-0.25, -0.2) is 9.69 Å². The number of hydrogen-bond donors (Lipinski definition) is 1. The second-order valence-electron chi connectivity index (χ2n) is 8.40. The molecular weight excluding hydrogens is 472 g/mol. The molecule has 4 rings (SSSR count). The molecule has 190 valence electrons. The lowest BCUT2D eigenvalue weighted by Crippen LogP contribution is -2.54. The number of aryl methyl sites for hydroxylation is 2. The molecule has 0 radical (unpaired) electrons. The molecule has 8 heteroatoms.